The van der Waals surface area contributed by atoms with Gasteiger partial charge in [-0.25, -0.2) is 0 Å². The van der Waals surface area contributed by atoms with Gasteiger partial charge in [0.25, 0.3) is 11.6 Å². The number of amides is 1. The Morgan fingerprint density at radius 1 is 1.33 bits per heavy atom. The van der Waals surface area contributed by atoms with Crippen LogP contribution in [0.5, 0.6) is 5.75 Å². The van der Waals surface area contributed by atoms with E-state index in [9.17, 15) is 14.9 Å². The molecule has 0 fully saturated rings. The molecule has 0 atom stereocenters. The van der Waals surface area contributed by atoms with E-state index in [1.807, 2.05) is 0 Å². The van der Waals surface area contributed by atoms with Gasteiger partial charge in [-0.3, -0.25) is 20.3 Å². The van der Waals surface area contributed by atoms with Crippen molar-refractivity contribution >= 4 is 28.7 Å². The van der Waals surface area contributed by atoms with Crippen LogP contribution in [0.25, 0.3) is 0 Å². The van der Waals surface area contributed by atoms with Gasteiger partial charge >= 0.3 is 0 Å². The van der Waals surface area contributed by atoms with Crippen molar-refractivity contribution in [1.82, 2.24) is 0 Å². The summed E-state index contributed by atoms with van der Waals surface area (Å²) >= 11 is 0. The molecule has 0 unspecified atom stereocenters. The molecule has 0 radical (unpaired) electrons. The van der Waals surface area contributed by atoms with Crippen molar-refractivity contribution in [2.24, 2.45) is 5.10 Å². The van der Waals surface area contributed by atoms with Gasteiger partial charge in [0.2, 0.25) is 0 Å². The van der Waals surface area contributed by atoms with Crippen LogP contribution >= 0.6 is 0 Å². The molecule has 0 bridgehead atoms. The molecular formula is C16H14N4O4. The molecule has 2 aromatic rings. The lowest BCUT2D eigenvalue weighted by Gasteiger charge is -2.18. The van der Waals surface area contributed by atoms with Crippen molar-refractivity contribution in [3.05, 3.63) is 58.1 Å². The van der Waals surface area contributed by atoms with Crippen LogP contribution in [0.3, 0.4) is 0 Å². The standard InChI is InChI=1S/C16H14N4O4/c1-10(18-19-12-4-2-3-5-14(12)20(22)23)11-6-7-15-13(8-11)17-16(21)9-24-15/h2-8,19H,9H2,1H3,(H,17,21)/b18-10-. The van der Waals surface area contributed by atoms with Gasteiger partial charge in [-0.1, -0.05) is 12.1 Å². The van der Waals surface area contributed by atoms with E-state index in [-0.39, 0.29) is 18.2 Å². The zero-order valence-electron chi connectivity index (χ0n) is 12.8. The maximum atomic E-state index is 11.4. The highest BCUT2D eigenvalue weighted by atomic mass is 16.6. The van der Waals surface area contributed by atoms with Crippen LogP contribution in [0, 0.1) is 10.1 Å². The molecule has 2 N–H and O–H groups in total. The van der Waals surface area contributed by atoms with E-state index >= 15 is 0 Å². The highest BCUT2D eigenvalue weighted by molar-refractivity contribution is 6.02. The zero-order chi connectivity index (χ0) is 17.1. The Hall–Kier alpha value is -3.42. The Kier molecular flexibility index (Phi) is 4.11. The first-order valence-corrected chi connectivity index (χ1v) is 7.15. The first-order valence-electron chi connectivity index (χ1n) is 7.15. The molecule has 0 aliphatic carbocycles. The molecule has 1 aliphatic heterocycles. The fourth-order valence-corrected chi connectivity index (χ4v) is 2.24. The minimum atomic E-state index is -0.473. The number of benzene rings is 2. The molecule has 1 aliphatic rings. The maximum absolute atomic E-state index is 11.4. The summed E-state index contributed by atoms with van der Waals surface area (Å²) in [5.74, 6) is 0.380. The van der Waals surface area contributed by atoms with Crippen LogP contribution in [-0.4, -0.2) is 23.1 Å². The number of hydrazone groups is 1. The van der Waals surface area contributed by atoms with Crippen LogP contribution in [0.1, 0.15) is 12.5 Å². The normalized spacial score (nSPS) is 13.5. The summed E-state index contributed by atoms with van der Waals surface area (Å²) in [6, 6.07) is 11.5. The highest BCUT2D eigenvalue weighted by Crippen LogP contribution is 2.29. The third kappa shape index (κ3) is 3.17. The van der Waals surface area contributed by atoms with E-state index in [4.69, 9.17) is 4.74 Å². The summed E-state index contributed by atoms with van der Waals surface area (Å²) < 4.78 is 5.30. The molecule has 3 rings (SSSR count). The van der Waals surface area contributed by atoms with Crippen molar-refractivity contribution in [1.29, 1.82) is 0 Å². The predicted octanol–water partition coefficient (Wildman–Crippen LogP) is 2.76. The van der Waals surface area contributed by atoms with E-state index < -0.39 is 4.92 Å². The van der Waals surface area contributed by atoms with Crippen LogP contribution in [-0.2, 0) is 4.79 Å². The van der Waals surface area contributed by atoms with Crippen molar-refractivity contribution in [2.45, 2.75) is 6.92 Å². The first kappa shape index (κ1) is 15.5. The summed E-state index contributed by atoms with van der Waals surface area (Å²) in [6.07, 6.45) is 0. The largest absolute Gasteiger partial charge is 0.482 e. The Bertz CT molecular complexity index is 848. The lowest BCUT2D eigenvalue weighted by atomic mass is 10.1. The van der Waals surface area contributed by atoms with E-state index in [2.05, 4.69) is 15.8 Å². The molecule has 2 aromatic carbocycles. The number of carbonyl (C=O) groups excluding carboxylic acids is 1. The number of nitrogens with zero attached hydrogens (tertiary/aromatic N) is 2. The maximum Gasteiger partial charge on any atom is 0.294 e. The van der Waals surface area contributed by atoms with E-state index in [1.165, 1.54) is 6.07 Å². The van der Waals surface area contributed by atoms with Gasteiger partial charge in [-0.05, 0) is 36.8 Å². The number of hydrogen-bond acceptors (Lipinski definition) is 6. The first-order chi connectivity index (χ1) is 11.5. The lowest BCUT2D eigenvalue weighted by Crippen LogP contribution is -2.25. The van der Waals surface area contributed by atoms with Gasteiger partial charge in [0.15, 0.2) is 6.61 Å². The molecule has 1 amide bonds. The molecular weight excluding hydrogens is 312 g/mol. The number of ether oxygens (including phenoxy) is 1. The summed E-state index contributed by atoms with van der Waals surface area (Å²) in [5, 5.41) is 17.9. The summed E-state index contributed by atoms with van der Waals surface area (Å²) in [7, 11) is 0. The van der Waals surface area contributed by atoms with Crippen LogP contribution < -0.4 is 15.5 Å². The quantitative estimate of drug-likeness (QED) is 0.510. The van der Waals surface area contributed by atoms with Gasteiger partial charge < -0.3 is 10.1 Å². The van der Waals surface area contributed by atoms with Crippen LogP contribution in [0.4, 0.5) is 17.1 Å². The average molecular weight is 326 g/mol. The van der Waals surface area contributed by atoms with Crippen molar-refractivity contribution in [3.63, 3.8) is 0 Å². The molecule has 24 heavy (non-hydrogen) atoms. The smallest absolute Gasteiger partial charge is 0.294 e. The number of nitro benzene ring substituents is 1. The summed E-state index contributed by atoms with van der Waals surface area (Å²) in [5.41, 5.74) is 4.89. The zero-order valence-corrected chi connectivity index (χ0v) is 12.8. The fraction of sp³-hybridized carbons (Fsp3) is 0.125. The Labute approximate surface area is 137 Å². The molecule has 0 saturated heterocycles. The Balaban J connectivity index is 1.83. The topological polar surface area (TPSA) is 106 Å². The van der Waals surface area contributed by atoms with Gasteiger partial charge in [-0.2, -0.15) is 5.10 Å². The number of hydrogen-bond donors (Lipinski definition) is 2. The molecule has 0 spiro atoms. The minimum absolute atomic E-state index is 0.00134. The monoisotopic (exact) mass is 326 g/mol. The third-order valence-corrected chi connectivity index (χ3v) is 3.47. The van der Waals surface area contributed by atoms with Crippen molar-refractivity contribution in [3.8, 4) is 5.75 Å². The number of rotatable bonds is 4. The van der Waals surface area contributed by atoms with Crippen molar-refractivity contribution in [2.75, 3.05) is 17.3 Å². The van der Waals surface area contributed by atoms with Gasteiger partial charge in [-0.15, -0.1) is 0 Å². The Morgan fingerprint density at radius 2 is 2.12 bits per heavy atom. The second kappa shape index (κ2) is 6.37. The number of para-hydroxylation sites is 2. The number of fused-ring (bicyclic) bond motifs is 1. The van der Waals surface area contributed by atoms with Crippen molar-refractivity contribution < 1.29 is 14.5 Å². The predicted molar refractivity (Wildman–Crippen MR) is 89.5 cm³/mol. The van der Waals surface area contributed by atoms with Gasteiger partial charge in [0, 0.05) is 6.07 Å². The molecule has 8 heteroatoms. The number of nitrogens with one attached hydrogen (secondary N) is 2. The van der Waals surface area contributed by atoms with E-state index in [0.717, 1.165) is 5.56 Å². The van der Waals surface area contributed by atoms with E-state index in [1.54, 1.807) is 43.3 Å². The summed E-state index contributed by atoms with van der Waals surface area (Å²) in [6.45, 7) is 1.76. The molecule has 122 valence electrons. The SMILES string of the molecule is C/C(=N/Nc1ccccc1[N+](=O)[O-])c1ccc2c(c1)NC(=O)CO2. The number of nitro groups is 1. The average Bonchev–Trinajstić information content (AvgIpc) is 2.59. The molecule has 0 aromatic heterocycles. The van der Waals surface area contributed by atoms with Crippen LogP contribution in [0.15, 0.2) is 47.6 Å². The Morgan fingerprint density at radius 3 is 2.92 bits per heavy atom. The third-order valence-electron chi connectivity index (χ3n) is 3.47. The molecule has 0 saturated carbocycles. The van der Waals surface area contributed by atoms with Gasteiger partial charge in [0.05, 0.1) is 16.3 Å². The fourth-order valence-electron chi connectivity index (χ4n) is 2.24. The lowest BCUT2D eigenvalue weighted by molar-refractivity contribution is -0.384. The van der Waals surface area contributed by atoms with E-state index in [0.29, 0.717) is 22.8 Å². The summed E-state index contributed by atoms with van der Waals surface area (Å²) in [4.78, 5) is 21.9. The highest BCUT2D eigenvalue weighted by Gasteiger charge is 2.16. The van der Waals surface area contributed by atoms with Gasteiger partial charge in [0.1, 0.15) is 11.4 Å². The second-order valence-electron chi connectivity index (χ2n) is 5.13. The molecule has 8 nitrogen and oxygen atoms in total. The number of carbonyl (C=O) groups is 1. The number of anilines is 2. The minimum Gasteiger partial charge on any atom is -0.482 e. The molecule has 1 heterocycles. The van der Waals surface area contributed by atoms with Crippen LogP contribution in [0.2, 0.25) is 0 Å². The second-order valence-corrected chi connectivity index (χ2v) is 5.13.